The number of hydrogen-bond acceptors (Lipinski definition) is 5. The zero-order valence-corrected chi connectivity index (χ0v) is 10.6. The van der Waals surface area contributed by atoms with Crippen molar-refractivity contribution in [2.75, 3.05) is 13.7 Å². The second kappa shape index (κ2) is 6.31. The molecular weight excluding hydrogens is 292 g/mol. The SMILES string of the molecule is COC(=O)C(O)CNC(=O)c1cccnc1Br. The van der Waals surface area contributed by atoms with Gasteiger partial charge in [-0.3, -0.25) is 4.79 Å². The Morgan fingerprint density at radius 2 is 2.35 bits per heavy atom. The lowest BCUT2D eigenvalue weighted by molar-refractivity contribution is -0.149. The van der Waals surface area contributed by atoms with Crippen molar-refractivity contribution in [2.24, 2.45) is 0 Å². The van der Waals surface area contributed by atoms with Crippen molar-refractivity contribution >= 4 is 27.8 Å². The minimum atomic E-state index is -1.38. The topological polar surface area (TPSA) is 88.5 Å². The highest BCUT2D eigenvalue weighted by molar-refractivity contribution is 9.10. The molecule has 0 spiro atoms. The lowest BCUT2D eigenvalue weighted by Gasteiger charge is -2.10. The van der Waals surface area contributed by atoms with Crippen molar-refractivity contribution in [3.8, 4) is 0 Å². The Morgan fingerprint density at radius 1 is 1.65 bits per heavy atom. The summed E-state index contributed by atoms with van der Waals surface area (Å²) in [5, 5.41) is 11.7. The van der Waals surface area contributed by atoms with E-state index in [0.717, 1.165) is 7.11 Å². The zero-order chi connectivity index (χ0) is 12.8. The van der Waals surface area contributed by atoms with E-state index >= 15 is 0 Å². The highest BCUT2D eigenvalue weighted by atomic mass is 79.9. The van der Waals surface area contributed by atoms with Crippen LogP contribution in [0.3, 0.4) is 0 Å². The van der Waals surface area contributed by atoms with Crippen LogP contribution in [0, 0.1) is 0 Å². The molecule has 2 N–H and O–H groups in total. The molecule has 0 aliphatic rings. The van der Waals surface area contributed by atoms with E-state index in [2.05, 4.69) is 31.0 Å². The van der Waals surface area contributed by atoms with E-state index in [0.29, 0.717) is 10.2 Å². The average Bonchev–Trinajstić information content (AvgIpc) is 2.35. The van der Waals surface area contributed by atoms with Crippen LogP contribution >= 0.6 is 15.9 Å². The minimum absolute atomic E-state index is 0.215. The zero-order valence-electron chi connectivity index (χ0n) is 9.01. The molecule has 1 atom stereocenters. The quantitative estimate of drug-likeness (QED) is 0.609. The molecule has 92 valence electrons. The van der Waals surface area contributed by atoms with E-state index in [4.69, 9.17) is 0 Å². The number of methoxy groups -OCH3 is 1. The predicted octanol–water partition coefficient (Wildman–Crippen LogP) is 0.108. The first kappa shape index (κ1) is 13.6. The van der Waals surface area contributed by atoms with Gasteiger partial charge < -0.3 is 15.2 Å². The van der Waals surface area contributed by atoms with E-state index in [-0.39, 0.29) is 6.54 Å². The Balaban J connectivity index is 2.57. The Hall–Kier alpha value is -1.47. The summed E-state index contributed by atoms with van der Waals surface area (Å²) in [7, 11) is 1.16. The van der Waals surface area contributed by atoms with Crippen molar-refractivity contribution in [2.45, 2.75) is 6.10 Å². The fourth-order valence-corrected chi connectivity index (χ4v) is 1.49. The maximum Gasteiger partial charge on any atom is 0.336 e. The number of hydrogen-bond donors (Lipinski definition) is 2. The number of carbonyl (C=O) groups excluding carboxylic acids is 2. The van der Waals surface area contributed by atoms with Crippen LogP contribution in [0.25, 0.3) is 0 Å². The summed E-state index contributed by atoms with van der Waals surface area (Å²) in [5.41, 5.74) is 0.324. The van der Waals surface area contributed by atoms with Crippen molar-refractivity contribution < 1.29 is 19.4 Å². The molecule has 1 aromatic heterocycles. The molecule has 1 rings (SSSR count). The summed E-state index contributed by atoms with van der Waals surface area (Å²) in [4.78, 5) is 26.4. The molecule has 6 nitrogen and oxygen atoms in total. The third-order valence-corrected chi connectivity index (χ3v) is 2.56. The van der Waals surface area contributed by atoms with Gasteiger partial charge in [-0.2, -0.15) is 0 Å². The van der Waals surface area contributed by atoms with Crippen molar-refractivity contribution in [1.29, 1.82) is 0 Å². The molecule has 17 heavy (non-hydrogen) atoms. The molecule has 0 aliphatic heterocycles. The van der Waals surface area contributed by atoms with Gasteiger partial charge in [0, 0.05) is 6.20 Å². The number of aliphatic hydroxyl groups excluding tert-OH is 1. The molecule has 1 amide bonds. The molecule has 0 aromatic carbocycles. The number of aliphatic hydroxyl groups is 1. The maximum absolute atomic E-state index is 11.6. The summed E-state index contributed by atoms with van der Waals surface area (Å²) >= 11 is 3.12. The molecule has 1 aromatic rings. The summed E-state index contributed by atoms with van der Waals surface area (Å²) in [6, 6.07) is 3.17. The number of esters is 1. The smallest absolute Gasteiger partial charge is 0.336 e. The lowest BCUT2D eigenvalue weighted by Crippen LogP contribution is -2.37. The summed E-state index contributed by atoms with van der Waals surface area (Å²) in [6.45, 7) is -0.215. The number of pyridine rings is 1. The average molecular weight is 303 g/mol. The number of halogens is 1. The van der Waals surface area contributed by atoms with Gasteiger partial charge in [-0.05, 0) is 28.1 Å². The van der Waals surface area contributed by atoms with Crippen molar-refractivity contribution in [3.05, 3.63) is 28.5 Å². The molecule has 0 saturated heterocycles. The number of carbonyl (C=O) groups is 2. The van der Waals surface area contributed by atoms with Gasteiger partial charge in [-0.15, -0.1) is 0 Å². The summed E-state index contributed by atoms with van der Waals surface area (Å²) in [5.74, 6) is -1.23. The van der Waals surface area contributed by atoms with Crippen LogP contribution in [-0.2, 0) is 9.53 Å². The predicted molar refractivity (Wildman–Crippen MR) is 62.3 cm³/mol. The van der Waals surface area contributed by atoms with Crippen LogP contribution in [0.2, 0.25) is 0 Å². The largest absolute Gasteiger partial charge is 0.467 e. The van der Waals surface area contributed by atoms with Gasteiger partial charge in [-0.25, -0.2) is 9.78 Å². The first-order valence-electron chi connectivity index (χ1n) is 4.71. The fourth-order valence-electron chi connectivity index (χ4n) is 1.06. The van der Waals surface area contributed by atoms with E-state index in [1.54, 1.807) is 12.1 Å². The van der Waals surface area contributed by atoms with Crippen LogP contribution in [0.15, 0.2) is 22.9 Å². The molecule has 0 saturated carbocycles. The van der Waals surface area contributed by atoms with Gasteiger partial charge in [0.2, 0.25) is 0 Å². The van der Waals surface area contributed by atoms with Crippen LogP contribution in [0.4, 0.5) is 0 Å². The Bertz CT molecular complexity index is 425. The molecule has 7 heteroatoms. The maximum atomic E-state index is 11.6. The number of rotatable bonds is 4. The second-order valence-electron chi connectivity index (χ2n) is 3.09. The van der Waals surface area contributed by atoms with Gasteiger partial charge in [0.1, 0.15) is 4.60 Å². The van der Waals surface area contributed by atoms with E-state index in [1.807, 2.05) is 0 Å². The monoisotopic (exact) mass is 302 g/mol. The number of aromatic nitrogens is 1. The van der Waals surface area contributed by atoms with Gasteiger partial charge in [0.25, 0.3) is 5.91 Å². The molecule has 0 fully saturated rings. The van der Waals surface area contributed by atoms with Crippen LogP contribution in [-0.4, -0.2) is 41.7 Å². The fraction of sp³-hybridized carbons (Fsp3) is 0.300. The third-order valence-electron chi connectivity index (χ3n) is 1.93. The first-order chi connectivity index (χ1) is 8.06. The normalized spacial score (nSPS) is 11.7. The number of nitrogens with one attached hydrogen (secondary N) is 1. The van der Waals surface area contributed by atoms with E-state index in [9.17, 15) is 14.7 Å². The summed E-state index contributed by atoms with van der Waals surface area (Å²) < 4.78 is 4.71. The van der Waals surface area contributed by atoms with Crippen LogP contribution in [0.5, 0.6) is 0 Å². The first-order valence-corrected chi connectivity index (χ1v) is 5.50. The van der Waals surface area contributed by atoms with Gasteiger partial charge >= 0.3 is 5.97 Å². The summed E-state index contributed by atoms with van der Waals surface area (Å²) in [6.07, 6.45) is 0.156. The highest BCUT2D eigenvalue weighted by Gasteiger charge is 2.17. The number of amides is 1. The molecule has 0 bridgehead atoms. The number of nitrogens with zero attached hydrogens (tertiary/aromatic N) is 1. The molecule has 0 aliphatic carbocycles. The van der Waals surface area contributed by atoms with Crippen LogP contribution < -0.4 is 5.32 Å². The lowest BCUT2D eigenvalue weighted by atomic mass is 10.2. The second-order valence-corrected chi connectivity index (χ2v) is 3.84. The van der Waals surface area contributed by atoms with Gasteiger partial charge in [0.05, 0.1) is 19.2 Å². The number of ether oxygens (including phenoxy) is 1. The Kier molecular flexibility index (Phi) is 5.05. The Morgan fingerprint density at radius 3 is 2.94 bits per heavy atom. The molecular formula is C10H11BrN2O4. The molecule has 1 heterocycles. The minimum Gasteiger partial charge on any atom is -0.467 e. The third kappa shape index (κ3) is 3.79. The molecule has 1 unspecified atom stereocenters. The molecule has 0 radical (unpaired) electrons. The van der Waals surface area contributed by atoms with Crippen LogP contribution in [0.1, 0.15) is 10.4 Å². The van der Waals surface area contributed by atoms with Gasteiger partial charge in [-0.1, -0.05) is 0 Å². The van der Waals surface area contributed by atoms with Crippen molar-refractivity contribution in [3.63, 3.8) is 0 Å². The Labute approximate surface area is 106 Å². The standard InChI is InChI=1S/C10H11BrN2O4/c1-17-10(16)7(14)5-13-9(15)6-3-2-4-12-8(6)11/h2-4,7,14H,5H2,1H3,(H,13,15). The van der Waals surface area contributed by atoms with Crippen molar-refractivity contribution in [1.82, 2.24) is 10.3 Å². The van der Waals surface area contributed by atoms with E-state index in [1.165, 1.54) is 6.20 Å². The highest BCUT2D eigenvalue weighted by Crippen LogP contribution is 2.11. The van der Waals surface area contributed by atoms with Gasteiger partial charge in [0.15, 0.2) is 6.10 Å². The van der Waals surface area contributed by atoms with E-state index < -0.39 is 18.0 Å².